The van der Waals surface area contributed by atoms with Crippen molar-refractivity contribution in [1.82, 2.24) is 0 Å². The standard InChI is InChI=1S/C16H17NO4S/c1-21-14-5-3-4-12(10-14)11-16(18)17-13-6-8-15(9-7-13)22(2,19)20/h3-10H,11H2,1-2H3,(H,17,18). The van der Waals surface area contributed by atoms with Crippen LogP contribution in [-0.4, -0.2) is 27.7 Å². The van der Waals surface area contributed by atoms with E-state index in [-0.39, 0.29) is 17.2 Å². The van der Waals surface area contributed by atoms with Gasteiger partial charge in [0.1, 0.15) is 5.75 Å². The summed E-state index contributed by atoms with van der Waals surface area (Å²) in [5, 5.41) is 2.73. The van der Waals surface area contributed by atoms with Crippen LogP contribution in [0, 0.1) is 0 Å². The van der Waals surface area contributed by atoms with E-state index in [4.69, 9.17) is 4.74 Å². The first-order valence-corrected chi connectivity index (χ1v) is 8.50. The van der Waals surface area contributed by atoms with Gasteiger partial charge in [-0.1, -0.05) is 12.1 Å². The van der Waals surface area contributed by atoms with Gasteiger partial charge in [0.15, 0.2) is 9.84 Å². The second-order valence-electron chi connectivity index (χ2n) is 4.87. The van der Waals surface area contributed by atoms with E-state index >= 15 is 0 Å². The number of methoxy groups -OCH3 is 1. The van der Waals surface area contributed by atoms with Gasteiger partial charge in [0.2, 0.25) is 5.91 Å². The summed E-state index contributed by atoms with van der Waals surface area (Å²) in [7, 11) is -1.66. The second-order valence-corrected chi connectivity index (χ2v) is 6.89. The summed E-state index contributed by atoms with van der Waals surface area (Å²) in [5.41, 5.74) is 1.39. The predicted octanol–water partition coefficient (Wildman–Crippen LogP) is 2.28. The molecule has 6 heteroatoms. The molecule has 2 aromatic rings. The smallest absolute Gasteiger partial charge is 0.228 e. The van der Waals surface area contributed by atoms with Crippen LogP contribution in [0.5, 0.6) is 5.75 Å². The van der Waals surface area contributed by atoms with E-state index < -0.39 is 9.84 Å². The maximum atomic E-state index is 12.0. The molecule has 0 saturated heterocycles. The molecule has 0 saturated carbocycles. The lowest BCUT2D eigenvalue weighted by Gasteiger charge is -2.07. The Morgan fingerprint density at radius 2 is 1.82 bits per heavy atom. The summed E-state index contributed by atoms with van der Waals surface area (Å²) in [4.78, 5) is 12.2. The van der Waals surface area contributed by atoms with Gasteiger partial charge >= 0.3 is 0 Å². The summed E-state index contributed by atoms with van der Waals surface area (Å²) < 4.78 is 27.8. The number of hydrogen-bond acceptors (Lipinski definition) is 4. The third-order valence-electron chi connectivity index (χ3n) is 3.07. The average molecular weight is 319 g/mol. The van der Waals surface area contributed by atoms with Crippen molar-refractivity contribution in [3.63, 3.8) is 0 Å². The monoisotopic (exact) mass is 319 g/mol. The van der Waals surface area contributed by atoms with Crippen LogP contribution in [-0.2, 0) is 21.1 Å². The van der Waals surface area contributed by atoms with E-state index in [0.717, 1.165) is 11.8 Å². The Balaban J connectivity index is 2.02. The summed E-state index contributed by atoms with van der Waals surface area (Å²) >= 11 is 0. The van der Waals surface area contributed by atoms with Gasteiger partial charge < -0.3 is 10.1 Å². The highest BCUT2D eigenvalue weighted by Gasteiger charge is 2.08. The van der Waals surface area contributed by atoms with Crippen molar-refractivity contribution >= 4 is 21.4 Å². The van der Waals surface area contributed by atoms with E-state index in [1.165, 1.54) is 12.1 Å². The van der Waals surface area contributed by atoms with Gasteiger partial charge in [-0.05, 0) is 42.0 Å². The zero-order valence-electron chi connectivity index (χ0n) is 12.4. The molecule has 0 bridgehead atoms. The quantitative estimate of drug-likeness (QED) is 0.917. The molecular formula is C16H17NO4S. The molecule has 0 unspecified atom stereocenters. The van der Waals surface area contributed by atoms with Crippen LogP contribution >= 0.6 is 0 Å². The Morgan fingerprint density at radius 3 is 2.41 bits per heavy atom. The van der Waals surface area contributed by atoms with Gasteiger partial charge in [0, 0.05) is 11.9 Å². The molecule has 2 aromatic carbocycles. The Labute approximate surface area is 129 Å². The number of amides is 1. The first-order chi connectivity index (χ1) is 10.4. The van der Waals surface area contributed by atoms with Crippen LogP contribution in [0.25, 0.3) is 0 Å². The largest absolute Gasteiger partial charge is 0.497 e. The molecule has 0 heterocycles. The lowest BCUT2D eigenvalue weighted by molar-refractivity contribution is -0.115. The topological polar surface area (TPSA) is 72.5 Å². The Kier molecular flexibility index (Phi) is 4.82. The van der Waals surface area contributed by atoms with Crippen LogP contribution in [0.1, 0.15) is 5.56 Å². The molecule has 0 fully saturated rings. The van der Waals surface area contributed by atoms with Crippen LogP contribution in [0.2, 0.25) is 0 Å². The first kappa shape index (κ1) is 16.0. The van der Waals surface area contributed by atoms with Gasteiger partial charge in [0.05, 0.1) is 18.4 Å². The molecule has 0 aromatic heterocycles. The van der Waals surface area contributed by atoms with E-state index in [0.29, 0.717) is 11.4 Å². The number of anilines is 1. The van der Waals surface area contributed by atoms with Crippen molar-refractivity contribution in [2.75, 3.05) is 18.7 Å². The average Bonchev–Trinajstić information content (AvgIpc) is 2.47. The fraction of sp³-hybridized carbons (Fsp3) is 0.188. The van der Waals surface area contributed by atoms with E-state index in [1.54, 1.807) is 25.3 Å². The summed E-state index contributed by atoms with van der Waals surface area (Å²) in [5.74, 6) is 0.517. The third kappa shape index (κ3) is 4.33. The minimum Gasteiger partial charge on any atom is -0.497 e. The summed E-state index contributed by atoms with van der Waals surface area (Å²) in [6.07, 6.45) is 1.36. The molecule has 0 radical (unpaired) electrons. The molecule has 5 nitrogen and oxygen atoms in total. The van der Waals surface area contributed by atoms with Crippen molar-refractivity contribution in [3.8, 4) is 5.75 Å². The number of benzene rings is 2. The zero-order chi connectivity index (χ0) is 16.2. The molecule has 0 atom stereocenters. The van der Waals surface area contributed by atoms with E-state index in [1.807, 2.05) is 18.2 Å². The molecule has 0 spiro atoms. The van der Waals surface area contributed by atoms with Crippen LogP contribution in [0.15, 0.2) is 53.4 Å². The molecule has 1 amide bonds. The molecule has 0 aliphatic rings. The van der Waals surface area contributed by atoms with Crippen molar-refractivity contribution in [3.05, 3.63) is 54.1 Å². The summed E-state index contributed by atoms with van der Waals surface area (Å²) in [6.45, 7) is 0. The highest BCUT2D eigenvalue weighted by Crippen LogP contribution is 2.16. The van der Waals surface area contributed by atoms with Crippen molar-refractivity contribution in [2.24, 2.45) is 0 Å². The van der Waals surface area contributed by atoms with Gasteiger partial charge in [-0.3, -0.25) is 4.79 Å². The number of carbonyl (C=O) groups is 1. The first-order valence-electron chi connectivity index (χ1n) is 6.61. The number of nitrogens with one attached hydrogen (secondary N) is 1. The molecule has 1 N–H and O–H groups in total. The Bertz CT molecular complexity index is 767. The molecular weight excluding hydrogens is 302 g/mol. The van der Waals surface area contributed by atoms with E-state index in [9.17, 15) is 13.2 Å². The maximum absolute atomic E-state index is 12.0. The van der Waals surface area contributed by atoms with Crippen LogP contribution < -0.4 is 10.1 Å². The minimum absolute atomic E-state index is 0.180. The van der Waals surface area contributed by atoms with Crippen molar-refractivity contribution in [2.45, 2.75) is 11.3 Å². The normalized spacial score (nSPS) is 11.0. The molecule has 0 aliphatic heterocycles. The lowest BCUT2D eigenvalue weighted by atomic mass is 10.1. The Morgan fingerprint density at radius 1 is 1.14 bits per heavy atom. The van der Waals surface area contributed by atoms with Gasteiger partial charge in [-0.15, -0.1) is 0 Å². The minimum atomic E-state index is -3.23. The number of rotatable bonds is 5. The number of sulfone groups is 1. The van der Waals surface area contributed by atoms with Crippen molar-refractivity contribution < 1.29 is 17.9 Å². The zero-order valence-corrected chi connectivity index (χ0v) is 13.2. The third-order valence-corrected chi connectivity index (χ3v) is 4.19. The SMILES string of the molecule is COc1cccc(CC(=O)Nc2ccc(S(C)(=O)=O)cc2)c1. The Hall–Kier alpha value is -2.34. The number of ether oxygens (including phenoxy) is 1. The molecule has 116 valence electrons. The van der Waals surface area contributed by atoms with Crippen LogP contribution in [0.3, 0.4) is 0 Å². The predicted molar refractivity (Wildman–Crippen MR) is 84.9 cm³/mol. The highest BCUT2D eigenvalue weighted by molar-refractivity contribution is 7.90. The molecule has 0 aliphatic carbocycles. The lowest BCUT2D eigenvalue weighted by Crippen LogP contribution is -2.14. The van der Waals surface area contributed by atoms with Crippen molar-refractivity contribution in [1.29, 1.82) is 0 Å². The second kappa shape index (κ2) is 6.62. The van der Waals surface area contributed by atoms with Crippen LogP contribution in [0.4, 0.5) is 5.69 Å². The highest BCUT2D eigenvalue weighted by atomic mass is 32.2. The maximum Gasteiger partial charge on any atom is 0.228 e. The summed E-state index contributed by atoms with van der Waals surface area (Å²) in [6, 6.07) is 13.3. The van der Waals surface area contributed by atoms with E-state index in [2.05, 4.69) is 5.32 Å². The fourth-order valence-electron chi connectivity index (χ4n) is 1.96. The van der Waals surface area contributed by atoms with Gasteiger partial charge in [0.25, 0.3) is 0 Å². The van der Waals surface area contributed by atoms with Gasteiger partial charge in [-0.25, -0.2) is 8.42 Å². The fourth-order valence-corrected chi connectivity index (χ4v) is 2.59. The number of carbonyl (C=O) groups excluding carboxylic acids is 1. The molecule has 22 heavy (non-hydrogen) atoms. The molecule has 2 rings (SSSR count). The van der Waals surface area contributed by atoms with Gasteiger partial charge in [-0.2, -0.15) is 0 Å². The number of hydrogen-bond donors (Lipinski definition) is 1.